The Morgan fingerprint density at radius 1 is 1.25 bits per heavy atom. The van der Waals surface area contributed by atoms with Crippen molar-refractivity contribution in [3.8, 4) is 0 Å². The number of nitrogens with zero attached hydrogens (tertiary/aromatic N) is 2. The SMILES string of the molecule is CN(CCCCNN=N)Cc1ccccc1. The van der Waals surface area contributed by atoms with Gasteiger partial charge in [0.2, 0.25) is 0 Å². The Bertz CT molecular complexity index is 286. The highest BCUT2D eigenvalue weighted by molar-refractivity contribution is 5.14. The van der Waals surface area contributed by atoms with Crippen LogP contribution in [0.15, 0.2) is 35.6 Å². The highest BCUT2D eigenvalue weighted by Gasteiger charge is 1.99. The molecule has 4 heteroatoms. The fourth-order valence-corrected chi connectivity index (χ4v) is 1.62. The molecule has 2 N–H and O–H groups in total. The summed E-state index contributed by atoms with van der Waals surface area (Å²) >= 11 is 0. The molecule has 0 aliphatic heterocycles. The first-order valence-electron chi connectivity index (χ1n) is 5.64. The van der Waals surface area contributed by atoms with Gasteiger partial charge in [0, 0.05) is 13.1 Å². The Morgan fingerprint density at radius 3 is 2.69 bits per heavy atom. The largest absolute Gasteiger partial charge is 0.302 e. The first-order valence-corrected chi connectivity index (χ1v) is 5.64. The lowest BCUT2D eigenvalue weighted by molar-refractivity contribution is 0.317. The maximum absolute atomic E-state index is 6.57. The van der Waals surface area contributed by atoms with Crippen molar-refractivity contribution in [3.05, 3.63) is 35.9 Å². The van der Waals surface area contributed by atoms with Gasteiger partial charge in [-0.2, -0.15) is 5.53 Å². The van der Waals surface area contributed by atoms with Crippen LogP contribution in [-0.4, -0.2) is 25.0 Å². The Morgan fingerprint density at radius 2 is 2.00 bits per heavy atom. The van der Waals surface area contributed by atoms with Gasteiger partial charge in [-0.1, -0.05) is 35.6 Å². The summed E-state index contributed by atoms with van der Waals surface area (Å²) in [6.07, 6.45) is 2.19. The van der Waals surface area contributed by atoms with Gasteiger partial charge in [0.15, 0.2) is 0 Å². The topological polar surface area (TPSA) is 51.5 Å². The van der Waals surface area contributed by atoms with Crippen LogP contribution >= 0.6 is 0 Å². The highest BCUT2D eigenvalue weighted by Crippen LogP contribution is 2.03. The molecule has 0 aliphatic rings. The second-order valence-corrected chi connectivity index (χ2v) is 3.95. The van der Waals surface area contributed by atoms with E-state index in [-0.39, 0.29) is 0 Å². The monoisotopic (exact) mass is 220 g/mol. The summed E-state index contributed by atoms with van der Waals surface area (Å²) in [7, 11) is 2.13. The molecule has 0 amide bonds. The van der Waals surface area contributed by atoms with E-state index in [9.17, 15) is 0 Å². The lowest BCUT2D eigenvalue weighted by Gasteiger charge is -2.16. The van der Waals surface area contributed by atoms with Crippen LogP contribution in [0, 0.1) is 5.53 Å². The van der Waals surface area contributed by atoms with Gasteiger partial charge in [-0.15, -0.1) is 0 Å². The van der Waals surface area contributed by atoms with E-state index in [2.05, 4.69) is 46.9 Å². The first-order chi connectivity index (χ1) is 7.83. The second kappa shape index (κ2) is 7.82. The van der Waals surface area contributed by atoms with E-state index in [1.165, 1.54) is 5.56 Å². The third-order valence-electron chi connectivity index (χ3n) is 2.45. The van der Waals surface area contributed by atoms with Crippen molar-refractivity contribution in [2.24, 2.45) is 5.22 Å². The predicted octanol–water partition coefficient (Wildman–Crippen LogP) is 2.43. The molecular weight excluding hydrogens is 200 g/mol. The van der Waals surface area contributed by atoms with Crippen molar-refractivity contribution in [1.82, 2.24) is 10.3 Å². The third kappa shape index (κ3) is 5.46. The number of rotatable bonds is 8. The molecule has 0 aliphatic carbocycles. The molecule has 0 unspecified atom stereocenters. The molecule has 1 rings (SSSR count). The Hall–Kier alpha value is -1.42. The van der Waals surface area contributed by atoms with Gasteiger partial charge in [0.05, 0.1) is 0 Å². The summed E-state index contributed by atoms with van der Waals surface area (Å²) in [4.78, 5) is 2.31. The average Bonchev–Trinajstić information content (AvgIpc) is 2.30. The molecule has 0 saturated heterocycles. The Labute approximate surface area is 97.1 Å². The molecule has 0 saturated carbocycles. The molecule has 1 aromatic rings. The van der Waals surface area contributed by atoms with E-state index in [0.29, 0.717) is 0 Å². The van der Waals surface area contributed by atoms with E-state index in [1.807, 2.05) is 6.07 Å². The van der Waals surface area contributed by atoms with Crippen LogP contribution in [-0.2, 0) is 6.54 Å². The number of unbranched alkanes of at least 4 members (excludes halogenated alkanes) is 1. The van der Waals surface area contributed by atoms with Crippen molar-refractivity contribution in [3.63, 3.8) is 0 Å². The third-order valence-corrected chi connectivity index (χ3v) is 2.45. The van der Waals surface area contributed by atoms with Gasteiger partial charge in [-0.3, -0.25) is 5.43 Å². The van der Waals surface area contributed by atoms with Gasteiger partial charge in [0.25, 0.3) is 0 Å². The van der Waals surface area contributed by atoms with Crippen molar-refractivity contribution in [2.75, 3.05) is 20.1 Å². The van der Waals surface area contributed by atoms with Crippen LogP contribution in [0.2, 0.25) is 0 Å². The zero-order chi connectivity index (χ0) is 11.6. The number of hydrogen-bond donors (Lipinski definition) is 2. The molecule has 0 heterocycles. The normalized spacial score (nSPS) is 10.4. The standard InChI is InChI=1S/C12H20N4/c1-16(10-6-5-9-14-15-13)11-12-7-3-2-4-8-12/h2-4,7-8H,5-6,9-11H2,1H3,(H2,13,14). The molecule has 0 spiro atoms. The van der Waals surface area contributed by atoms with Crippen LogP contribution in [0.1, 0.15) is 18.4 Å². The van der Waals surface area contributed by atoms with Gasteiger partial charge < -0.3 is 4.90 Å². The van der Waals surface area contributed by atoms with E-state index in [0.717, 1.165) is 32.5 Å². The van der Waals surface area contributed by atoms with Gasteiger partial charge in [-0.25, -0.2) is 0 Å². The lowest BCUT2D eigenvalue weighted by atomic mass is 10.2. The van der Waals surface area contributed by atoms with Crippen molar-refractivity contribution >= 4 is 0 Å². The van der Waals surface area contributed by atoms with Crippen LogP contribution in [0.4, 0.5) is 0 Å². The maximum atomic E-state index is 6.57. The number of hydrogen-bond acceptors (Lipinski definition) is 3. The molecule has 0 radical (unpaired) electrons. The second-order valence-electron chi connectivity index (χ2n) is 3.95. The molecule has 0 bridgehead atoms. The zero-order valence-electron chi connectivity index (χ0n) is 9.82. The first kappa shape index (κ1) is 12.6. The predicted molar refractivity (Wildman–Crippen MR) is 65.2 cm³/mol. The molecule has 16 heavy (non-hydrogen) atoms. The fraction of sp³-hybridized carbons (Fsp3) is 0.500. The molecule has 0 aromatic heterocycles. The molecule has 88 valence electrons. The summed E-state index contributed by atoms with van der Waals surface area (Å²) in [5.41, 5.74) is 10.6. The minimum absolute atomic E-state index is 0.794. The summed E-state index contributed by atoms with van der Waals surface area (Å²) < 4.78 is 0. The summed E-state index contributed by atoms with van der Waals surface area (Å²) in [6.45, 7) is 2.87. The minimum atomic E-state index is 0.794. The van der Waals surface area contributed by atoms with Crippen LogP contribution in [0.3, 0.4) is 0 Å². The minimum Gasteiger partial charge on any atom is -0.302 e. The van der Waals surface area contributed by atoms with E-state index < -0.39 is 0 Å². The summed E-state index contributed by atoms with van der Waals surface area (Å²) in [5.74, 6) is 0. The maximum Gasteiger partial charge on any atom is 0.0346 e. The van der Waals surface area contributed by atoms with Crippen molar-refractivity contribution < 1.29 is 0 Å². The van der Waals surface area contributed by atoms with Gasteiger partial charge in [-0.05, 0) is 32.0 Å². The van der Waals surface area contributed by atoms with Crippen LogP contribution in [0.5, 0.6) is 0 Å². The Kier molecular flexibility index (Phi) is 6.18. The highest BCUT2D eigenvalue weighted by atomic mass is 15.4. The van der Waals surface area contributed by atoms with E-state index in [4.69, 9.17) is 5.53 Å². The van der Waals surface area contributed by atoms with Crippen LogP contribution < -0.4 is 5.43 Å². The molecule has 0 fully saturated rings. The Balaban J connectivity index is 2.11. The van der Waals surface area contributed by atoms with E-state index >= 15 is 0 Å². The van der Waals surface area contributed by atoms with Crippen molar-refractivity contribution in [1.29, 1.82) is 5.53 Å². The molecule has 0 atom stereocenters. The molecule has 1 aromatic carbocycles. The van der Waals surface area contributed by atoms with Gasteiger partial charge >= 0.3 is 0 Å². The van der Waals surface area contributed by atoms with Gasteiger partial charge in [0.1, 0.15) is 0 Å². The molecular formula is C12H20N4. The lowest BCUT2D eigenvalue weighted by Crippen LogP contribution is -2.20. The fourth-order valence-electron chi connectivity index (χ4n) is 1.62. The van der Waals surface area contributed by atoms with E-state index in [1.54, 1.807) is 0 Å². The van der Waals surface area contributed by atoms with Crippen LogP contribution in [0.25, 0.3) is 0 Å². The molecule has 4 nitrogen and oxygen atoms in total. The average molecular weight is 220 g/mol. The summed E-state index contributed by atoms with van der Waals surface area (Å²) in [6, 6.07) is 10.5. The summed E-state index contributed by atoms with van der Waals surface area (Å²) in [5, 5.41) is 3.11. The number of benzene rings is 1. The van der Waals surface area contributed by atoms with Crippen molar-refractivity contribution in [2.45, 2.75) is 19.4 Å². The smallest absolute Gasteiger partial charge is 0.0346 e. The zero-order valence-corrected chi connectivity index (χ0v) is 9.82. The number of nitrogens with one attached hydrogen (secondary N) is 2. The quantitative estimate of drug-likeness (QED) is 0.401.